The van der Waals surface area contributed by atoms with Crippen LogP contribution in [-0.2, 0) is 6.54 Å². The van der Waals surface area contributed by atoms with Gasteiger partial charge in [-0.2, -0.15) is 4.98 Å². The monoisotopic (exact) mass is 314 g/mol. The molecule has 0 spiro atoms. The van der Waals surface area contributed by atoms with Crippen LogP contribution in [0.3, 0.4) is 0 Å². The predicted molar refractivity (Wildman–Crippen MR) is 89.9 cm³/mol. The fourth-order valence-electron chi connectivity index (χ4n) is 2.26. The van der Waals surface area contributed by atoms with Crippen molar-refractivity contribution in [2.75, 3.05) is 24.0 Å². The van der Waals surface area contributed by atoms with E-state index in [2.05, 4.69) is 34.4 Å². The number of ether oxygens (including phenoxy) is 2. The lowest BCUT2D eigenvalue weighted by Gasteiger charge is -2.09. The molecule has 0 radical (unpaired) electrons. The molecule has 122 valence electrons. The molecular formula is C17H22N4O2. The van der Waals surface area contributed by atoms with Crippen LogP contribution in [0.2, 0.25) is 0 Å². The molecule has 0 atom stereocenters. The summed E-state index contributed by atoms with van der Waals surface area (Å²) >= 11 is 0. The Kier molecular flexibility index (Phi) is 4.80. The van der Waals surface area contributed by atoms with Crippen molar-refractivity contribution in [3.8, 4) is 11.5 Å². The second-order valence-corrected chi connectivity index (χ2v) is 5.92. The average Bonchev–Trinajstić information content (AvgIpc) is 3.00. The van der Waals surface area contributed by atoms with Gasteiger partial charge in [-0.25, -0.2) is 4.98 Å². The summed E-state index contributed by atoms with van der Waals surface area (Å²) in [6.45, 7) is 6.24. The molecule has 0 fully saturated rings. The van der Waals surface area contributed by atoms with Crippen LogP contribution >= 0.6 is 0 Å². The highest BCUT2D eigenvalue weighted by molar-refractivity contribution is 5.46. The Labute approximate surface area is 136 Å². The minimum absolute atomic E-state index is 0.295. The molecule has 2 N–H and O–H groups in total. The first kappa shape index (κ1) is 15.4. The van der Waals surface area contributed by atoms with Gasteiger partial charge in [0.1, 0.15) is 5.82 Å². The van der Waals surface area contributed by atoms with Gasteiger partial charge in [-0.05, 0) is 36.1 Å². The van der Waals surface area contributed by atoms with E-state index in [9.17, 15) is 0 Å². The molecule has 0 saturated heterocycles. The normalized spacial score (nSPS) is 12.5. The summed E-state index contributed by atoms with van der Waals surface area (Å²) in [5.41, 5.74) is 1.11. The lowest BCUT2D eigenvalue weighted by atomic mass is 10.1. The van der Waals surface area contributed by atoms with E-state index in [1.165, 1.54) is 0 Å². The Morgan fingerprint density at radius 1 is 1.13 bits per heavy atom. The van der Waals surface area contributed by atoms with Gasteiger partial charge in [0.15, 0.2) is 11.5 Å². The number of hydrogen-bond acceptors (Lipinski definition) is 6. The largest absolute Gasteiger partial charge is 0.454 e. The Morgan fingerprint density at radius 3 is 2.87 bits per heavy atom. The molecule has 0 saturated carbocycles. The molecule has 0 aliphatic carbocycles. The van der Waals surface area contributed by atoms with Gasteiger partial charge in [-0.15, -0.1) is 0 Å². The van der Waals surface area contributed by atoms with Gasteiger partial charge >= 0.3 is 0 Å². The van der Waals surface area contributed by atoms with Crippen LogP contribution in [-0.4, -0.2) is 23.3 Å². The summed E-state index contributed by atoms with van der Waals surface area (Å²) in [6.07, 6.45) is 2.85. The van der Waals surface area contributed by atoms with Crippen LogP contribution in [0.25, 0.3) is 0 Å². The van der Waals surface area contributed by atoms with Crippen molar-refractivity contribution in [3.63, 3.8) is 0 Å². The van der Waals surface area contributed by atoms with E-state index in [1.54, 1.807) is 6.20 Å². The molecule has 1 aromatic carbocycles. The molecule has 1 aliphatic heterocycles. The van der Waals surface area contributed by atoms with Crippen molar-refractivity contribution < 1.29 is 9.47 Å². The molecule has 2 heterocycles. The van der Waals surface area contributed by atoms with Gasteiger partial charge in [-0.3, -0.25) is 0 Å². The highest BCUT2D eigenvalue weighted by Gasteiger charge is 2.13. The van der Waals surface area contributed by atoms with Crippen molar-refractivity contribution >= 4 is 11.8 Å². The van der Waals surface area contributed by atoms with Crippen molar-refractivity contribution in [1.82, 2.24) is 9.97 Å². The van der Waals surface area contributed by atoms with E-state index in [0.717, 1.165) is 35.8 Å². The van der Waals surface area contributed by atoms with E-state index in [1.807, 2.05) is 24.3 Å². The molecule has 0 bridgehead atoms. The van der Waals surface area contributed by atoms with E-state index in [4.69, 9.17) is 9.47 Å². The summed E-state index contributed by atoms with van der Waals surface area (Å²) in [7, 11) is 0. The lowest BCUT2D eigenvalue weighted by Crippen LogP contribution is -2.09. The first-order valence-corrected chi connectivity index (χ1v) is 7.90. The third-order valence-electron chi connectivity index (χ3n) is 3.57. The highest BCUT2D eigenvalue weighted by Crippen LogP contribution is 2.32. The number of hydrogen-bond donors (Lipinski definition) is 2. The predicted octanol–water partition coefficient (Wildman–Crippen LogP) is 3.28. The number of nitrogens with one attached hydrogen (secondary N) is 2. The van der Waals surface area contributed by atoms with Crippen LogP contribution in [0, 0.1) is 5.92 Å². The number of anilines is 2. The zero-order valence-corrected chi connectivity index (χ0v) is 13.5. The Hall–Kier alpha value is -2.50. The van der Waals surface area contributed by atoms with Crippen molar-refractivity contribution in [3.05, 3.63) is 36.0 Å². The van der Waals surface area contributed by atoms with Crippen LogP contribution in [0.1, 0.15) is 25.8 Å². The fraction of sp³-hybridized carbons (Fsp3) is 0.412. The summed E-state index contributed by atoms with van der Waals surface area (Å²) < 4.78 is 10.7. The molecule has 3 rings (SSSR count). The van der Waals surface area contributed by atoms with E-state index >= 15 is 0 Å². The lowest BCUT2D eigenvalue weighted by molar-refractivity contribution is 0.174. The quantitative estimate of drug-likeness (QED) is 0.817. The van der Waals surface area contributed by atoms with Crippen molar-refractivity contribution in [2.24, 2.45) is 5.92 Å². The summed E-state index contributed by atoms with van der Waals surface area (Å²) in [5, 5.41) is 6.55. The zero-order valence-electron chi connectivity index (χ0n) is 13.5. The number of fused-ring (bicyclic) bond motifs is 1. The third-order valence-corrected chi connectivity index (χ3v) is 3.57. The average molecular weight is 314 g/mol. The maximum absolute atomic E-state index is 5.39. The molecular weight excluding hydrogens is 292 g/mol. The molecule has 1 aliphatic rings. The standard InChI is InChI=1S/C17H22N4O2/c1-12(2)5-7-18-17-19-8-6-16(21-17)20-10-13-3-4-14-15(9-13)23-11-22-14/h3-4,6,8-9,12H,5,7,10-11H2,1-2H3,(H2,18,19,20,21). The number of benzene rings is 1. The molecule has 2 aromatic rings. The van der Waals surface area contributed by atoms with Gasteiger partial charge in [-0.1, -0.05) is 19.9 Å². The second kappa shape index (κ2) is 7.17. The smallest absolute Gasteiger partial charge is 0.231 e. The number of rotatable bonds is 7. The van der Waals surface area contributed by atoms with Crippen LogP contribution in [0.15, 0.2) is 30.5 Å². The fourth-order valence-corrected chi connectivity index (χ4v) is 2.26. The summed E-state index contributed by atoms with van der Waals surface area (Å²) in [5.74, 6) is 3.70. The molecule has 0 unspecified atom stereocenters. The van der Waals surface area contributed by atoms with Crippen LogP contribution < -0.4 is 20.1 Å². The zero-order chi connectivity index (χ0) is 16.1. The summed E-state index contributed by atoms with van der Waals surface area (Å²) in [4.78, 5) is 8.71. The minimum atomic E-state index is 0.295. The SMILES string of the molecule is CC(C)CCNc1nccc(NCc2ccc3c(c2)OCO3)n1. The maximum Gasteiger partial charge on any atom is 0.231 e. The van der Waals surface area contributed by atoms with E-state index < -0.39 is 0 Å². The third kappa shape index (κ3) is 4.25. The molecule has 6 nitrogen and oxygen atoms in total. The number of nitrogens with zero attached hydrogens (tertiary/aromatic N) is 2. The molecule has 0 amide bonds. The van der Waals surface area contributed by atoms with Crippen LogP contribution in [0.4, 0.5) is 11.8 Å². The first-order valence-electron chi connectivity index (χ1n) is 7.90. The topological polar surface area (TPSA) is 68.3 Å². The molecule has 6 heteroatoms. The van der Waals surface area contributed by atoms with Gasteiger partial charge in [0.25, 0.3) is 0 Å². The Morgan fingerprint density at radius 2 is 2.00 bits per heavy atom. The van der Waals surface area contributed by atoms with Crippen LogP contribution in [0.5, 0.6) is 11.5 Å². The van der Waals surface area contributed by atoms with Crippen molar-refractivity contribution in [2.45, 2.75) is 26.8 Å². The Balaban J connectivity index is 1.55. The molecule has 1 aromatic heterocycles. The highest BCUT2D eigenvalue weighted by atomic mass is 16.7. The van der Waals surface area contributed by atoms with E-state index in [0.29, 0.717) is 25.2 Å². The van der Waals surface area contributed by atoms with E-state index in [-0.39, 0.29) is 0 Å². The first-order chi connectivity index (χ1) is 11.2. The molecule has 23 heavy (non-hydrogen) atoms. The van der Waals surface area contributed by atoms with Gasteiger partial charge in [0.05, 0.1) is 0 Å². The second-order valence-electron chi connectivity index (χ2n) is 5.92. The summed E-state index contributed by atoms with van der Waals surface area (Å²) in [6, 6.07) is 7.79. The minimum Gasteiger partial charge on any atom is -0.454 e. The van der Waals surface area contributed by atoms with Gasteiger partial charge in [0.2, 0.25) is 12.7 Å². The van der Waals surface area contributed by atoms with Gasteiger partial charge < -0.3 is 20.1 Å². The number of aromatic nitrogens is 2. The van der Waals surface area contributed by atoms with Gasteiger partial charge in [0, 0.05) is 19.3 Å². The maximum atomic E-state index is 5.39. The Bertz CT molecular complexity index is 661. The van der Waals surface area contributed by atoms with Crippen molar-refractivity contribution in [1.29, 1.82) is 0 Å².